The van der Waals surface area contributed by atoms with Gasteiger partial charge in [0, 0.05) is 13.2 Å². The van der Waals surface area contributed by atoms with Gasteiger partial charge in [0.15, 0.2) is 0 Å². The average Bonchev–Trinajstić information content (AvgIpc) is 2.36. The molecule has 1 spiro atoms. The van der Waals surface area contributed by atoms with Gasteiger partial charge in [0.1, 0.15) is 0 Å². The molecule has 2 atom stereocenters. The Hall–Kier alpha value is -1.37. The highest BCUT2D eigenvalue weighted by atomic mass is 15.2. The van der Waals surface area contributed by atoms with Crippen molar-refractivity contribution in [2.45, 2.75) is 18.4 Å². The van der Waals surface area contributed by atoms with Gasteiger partial charge in [-0.3, -0.25) is 5.32 Å². The summed E-state index contributed by atoms with van der Waals surface area (Å²) in [6.45, 7) is 1.90. The first kappa shape index (κ1) is 9.83. The van der Waals surface area contributed by atoms with E-state index in [0.717, 1.165) is 25.2 Å². The summed E-state index contributed by atoms with van der Waals surface area (Å²) >= 11 is 0. The molecule has 0 amide bonds. The molecular formula is C13H15N3. The van der Waals surface area contributed by atoms with Crippen LogP contribution < -0.4 is 10.6 Å². The van der Waals surface area contributed by atoms with Gasteiger partial charge < -0.3 is 5.32 Å². The number of nitrogens with one attached hydrogen (secondary N) is 2. The molecule has 0 aromatic carbocycles. The summed E-state index contributed by atoms with van der Waals surface area (Å²) in [6.07, 6.45) is 10.8. The number of rotatable bonds is 0. The highest BCUT2D eigenvalue weighted by Crippen LogP contribution is 2.40. The highest BCUT2D eigenvalue weighted by molar-refractivity contribution is 5.53. The Morgan fingerprint density at radius 3 is 3.31 bits per heavy atom. The third-order valence-electron chi connectivity index (χ3n) is 3.86. The van der Waals surface area contributed by atoms with E-state index < -0.39 is 0 Å². The van der Waals surface area contributed by atoms with Gasteiger partial charge in [-0.05, 0) is 36.5 Å². The molecule has 0 radical (unpaired) electrons. The van der Waals surface area contributed by atoms with Gasteiger partial charge >= 0.3 is 0 Å². The molecule has 0 aromatic rings. The van der Waals surface area contributed by atoms with E-state index in [-0.39, 0.29) is 5.54 Å². The monoisotopic (exact) mass is 213 g/mol. The van der Waals surface area contributed by atoms with Gasteiger partial charge in [0.25, 0.3) is 0 Å². The zero-order valence-electron chi connectivity index (χ0n) is 9.16. The topological polar surface area (TPSA) is 47.9 Å². The van der Waals surface area contributed by atoms with Crippen molar-refractivity contribution in [3.05, 3.63) is 35.5 Å². The summed E-state index contributed by atoms with van der Waals surface area (Å²) < 4.78 is 0. The van der Waals surface area contributed by atoms with E-state index in [4.69, 9.17) is 5.26 Å². The second kappa shape index (κ2) is 3.58. The maximum absolute atomic E-state index is 8.95. The van der Waals surface area contributed by atoms with Crippen molar-refractivity contribution in [3.63, 3.8) is 0 Å². The minimum absolute atomic E-state index is 0.0101. The predicted molar refractivity (Wildman–Crippen MR) is 62.4 cm³/mol. The summed E-state index contributed by atoms with van der Waals surface area (Å²) in [6, 6.07) is 2.22. The lowest BCUT2D eigenvalue weighted by atomic mass is 9.68. The van der Waals surface area contributed by atoms with Crippen LogP contribution >= 0.6 is 0 Å². The molecule has 1 saturated heterocycles. The first-order chi connectivity index (χ1) is 7.85. The van der Waals surface area contributed by atoms with Crippen LogP contribution in [0.3, 0.4) is 0 Å². The molecule has 2 aliphatic carbocycles. The predicted octanol–water partition coefficient (Wildman–Crippen LogP) is 1.23. The molecule has 0 bridgehead atoms. The Labute approximate surface area is 95.5 Å². The number of nitrogens with zero attached hydrogens (tertiary/aromatic N) is 1. The van der Waals surface area contributed by atoms with E-state index in [0.29, 0.717) is 5.92 Å². The van der Waals surface area contributed by atoms with E-state index >= 15 is 0 Å². The molecule has 16 heavy (non-hydrogen) atoms. The summed E-state index contributed by atoms with van der Waals surface area (Å²) in [4.78, 5) is 0. The largest absolute Gasteiger partial charge is 0.304 e. The fourth-order valence-electron chi connectivity index (χ4n) is 3.01. The molecule has 2 unspecified atom stereocenters. The molecule has 0 saturated carbocycles. The Morgan fingerprint density at radius 2 is 2.44 bits per heavy atom. The molecular weight excluding hydrogens is 198 g/mol. The molecule has 0 aromatic heterocycles. The lowest BCUT2D eigenvalue weighted by Crippen LogP contribution is -2.62. The van der Waals surface area contributed by atoms with Crippen LogP contribution in [0.4, 0.5) is 0 Å². The fourth-order valence-corrected chi connectivity index (χ4v) is 3.01. The lowest BCUT2D eigenvalue weighted by Gasteiger charge is -2.48. The molecule has 82 valence electrons. The van der Waals surface area contributed by atoms with Crippen molar-refractivity contribution < 1.29 is 0 Å². The standard InChI is InChI=1S/C13H15N3/c14-7-10-4-5-13-11(6-10)2-1-3-12(13)8-15-9-16-13/h2,4-6,12,15-16H,1,3,8-9H2. The van der Waals surface area contributed by atoms with Crippen molar-refractivity contribution in [3.8, 4) is 6.07 Å². The van der Waals surface area contributed by atoms with Gasteiger partial charge in [-0.15, -0.1) is 0 Å². The van der Waals surface area contributed by atoms with E-state index in [9.17, 15) is 0 Å². The average molecular weight is 213 g/mol. The van der Waals surface area contributed by atoms with Crippen LogP contribution in [0.2, 0.25) is 0 Å². The van der Waals surface area contributed by atoms with Crippen molar-refractivity contribution in [1.29, 1.82) is 5.26 Å². The second-order valence-electron chi connectivity index (χ2n) is 4.66. The van der Waals surface area contributed by atoms with Gasteiger partial charge in [-0.25, -0.2) is 0 Å². The second-order valence-corrected chi connectivity index (χ2v) is 4.66. The quantitative estimate of drug-likeness (QED) is 0.636. The van der Waals surface area contributed by atoms with Gasteiger partial charge in [0.2, 0.25) is 0 Å². The molecule has 3 rings (SSSR count). The smallest absolute Gasteiger partial charge is 0.0991 e. The normalized spacial score (nSPS) is 36.6. The first-order valence-corrected chi connectivity index (χ1v) is 5.82. The van der Waals surface area contributed by atoms with Crippen LogP contribution in [0.25, 0.3) is 0 Å². The van der Waals surface area contributed by atoms with E-state index in [2.05, 4.69) is 28.9 Å². The van der Waals surface area contributed by atoms with Crippen molar-refractivity contribution in [2.24, 2.45) is 5.92 Å². The zero-order chi connectivity index (χ0) is 11.0. The third kappa shape index (κ3) is 1.27. The van der Waals surface area contributed by atoms with Crippen LogP contribution in [-0.2, 0) is 0 Å². The summed E-state index contributed by atoms with van der Waals surface area (Å²) in [7, 11) is 0. The first-order valence-electron chi connectivity index (χ1n) is 5.82. The van der Waals surface area contributed by atoms with Crippen molar-refractivity contribution in [1.82, 2.24) is 10.6 Å². The molecule has 3 nitrogen and oxygen atoms in total. The zero-order valence-corrected chi connectivity index (χ0v) is 9.16. The molecule has 1 aliphatic heterocycles. The third-order valence-corrected chi connectivity index (χ3v) is 3.86. The SMILES string of the molecule is N#CC1=CC2=CCCC3CNCNC23C=C1. The highest BCUT2D eigenvalue weighted by Gasteiger charge is 2.43. The molecule has 3 aliphatic rings. The van der Waals surface area contributed by atoms with E-state index in [1.165, 1.54) is 12.0 Å². The van der Waals surface area contributed by atoms with Crippen LogP contribution in [0.5, 0.6) is 0 Å². The minimum atomic E-state index is -0.0101. The van der Waals surface area contributed by atoms with Crippen LogP contribution in [0, 0.1) is 17.2 Å². The Balaban J connectivity index is 2.05. The van der Waals surface area contributed by atoms with Gasteiger partial charge in [-0.2, -0.15) is 5.26 Å². The summed E-state index contributed by atoms with van der Waals surface area (Å²) in [5.74, 6) is 0.606. The number of hydrogen-bond acceptors (Lipinski definition) is 3. The Kier molecular flexibility index (Phi) is 2.20. The molecule has 1 fully saturated rings. The number of nitriles is 1. The maximum atomic E-state index is 8.95. The van der Waals surface area contributed by atoms with E-state index in [1.807, 2.05) is 12.2 Å². The van der Waals surface area contributed by atoms with Gasteiger partial charge in [-0.1, -0.05) is 12.2 Å². The fraction of sp³-hybridized carbons (Fsp3) is 0.462. The lowest BCUT2D eigenvalue weighted by molar-refractivity contribution is 0.222. The van der Waals surface area contributed by atoms with Crippen LogP contribution in [0.15, 0.2) is 35.5 Å². The number of allylic oxidation sites excluding steroid dienone is 3. The van der Waals surface area contributed by atoms with Crippen molar-refractivity contribution >= 4 is 0 Å². The Bertz CT molecular complexity index is 439. The van der Waals surface area contributed by atoms with Crippen LogP contribution in [-0.4, -0.2) is 18.8 Å². The van der Waals surface area contributed by atoms with Gasteiger partial charge in [0.05, 0.1) is 17.2 Å². The van der Waals surface area contributed by atoms with Crippen LogP contribution in [0.1, 0.15) is 12.8 Å². The van der Waals surface area contributed by atoms with E-state index in [1.54, 1.807) is 0 Å². The molecule has 1 heterocycles. The summed E-state index contributed by atoms with van der Waals surface area (Å²) in [5.41, 5.74) is 2.03. The summed E-state index contributed by atoms with van der Waals surface area (Å²) in [5, 5.41) is 15.9. The molecule has 3 heteroatoms. The van der Waals surface area contributed by atoms with Crippen molar-refractivity contribution in [2.75, 3.05) is 13.2 Å². The number of hydrogen-bond donors (Lipinski definition) is 2. The minimum Gasteiger partial charge on any atom is -0.304 e. The maximum Gasteiger partial charge on any atom is 0.0991 e. The molecule has 2 N–H and O–H groups in total. The Morgan fingerprint density at radius 1 is 1.50 bits per heavy atom.